The van der Waals surface area contributed by atoms with Crippen LogP contribution in [-0.2, 0) is 0 Å². The number of rotatable bonds is 3. The molecule has 0 spiro atoms. The summed E-state index contributed by atoms with van der Waals surface area (Å²) in [5.41, 5.74) is 7.55. The zero-order valence-electron chi connectivity index (χ0n) is 15.2. The molecule has 1 aromatic carbocycles. The molecule has 5 heterocycles. The number of aromatic amines is 3. The van der Waals surface area contributed by atoms with E-state index < -0.39 is 0 Å². The Hall–Kier alpha value is -4.26. The summed E-state index contributed by atoms with van der Waals surface area (Å²) < 4.78 is 0. The summed E-state index contributed by atoms with van der Waals surface area (Å²) in [6, 6.07) is 16.3. The van der Waals surface area contributed by atoms with Crippen LogP contribution >= 0.6 is 0 Å². The molecule has 7 heteroatoms. The van der Waals surface area contributed by atoms with E-state index in [1.165, 1.54) is 0 Å². The van der Waals surface area contributed by atoms with Crippen LogP contribution in [0.4, 0.5) is 0 Å². The molecule has 0 bridgehead atoms. The van der Waals surface area contributed by atoms with E-state index in [9.17, 15) is 0 Å². The van der Waals surface area contributed by atoms with E-state index in [4.69, 9.17) is 0 Å². The highest BCUT2D eigenvalue weighted by Gasteiger charge is 2.15. The first-order valence-electron chi connectivity index (χ1n) is 9.23. The minimum absolute atomic E-state index is 0.846. The van der Waals surface area contributed by atoms with Crippen LogP contribution in [0.5, 0.6) is 0 Å². The molecule has 29 heavy (non-hydrogen) atoms. The van der Waals surface area contributed by atoms with Crippen LogP contribution in [0.3, 0.4) is 0 Å². The predicted molar refractivity (Wildman–Crippen MR) is 112 cm³/mol. The number of fused-ring (bicyclic) bond motifs is 2. The zero-order valence-corrected chi connectivity index (χ0v) is 15.2. The van der Waals surface area contributed by atoms with Crippen LogP contribution in [0, 0.1) is 0 Å². The first-order chi connectivity index (χ1) is 14.4. The Kier molecular flexibility index (Phi) is 3.33. The number of pyridine rings is 2. The third-order valence-electron chi connectivity index (χ3n) is 5.10. The van der Waals surface area contributed by atoms with E-state index in [1.54, 1.807) is 12.4 Å². The predicted octanol–water partition coefficient (Wildman–Crippen LogP) is 4.56. The van der Waals surface area contributed by atoms with Gasteiger partial charge < -0.3 is 4.98 Å². The molecule has 0 saturated carbocycles. The molecule has 0 fully saturated rings. The Morgan fingerprint density at radius 1 is 0.793 bits per heavy atom. The third-order valence-corrected chi connectivity index (χ3v) is 5.10. The van der Waals surface area contributed by atoms with Crippen molar-refractivity contribution in [1.29, 1.82) is 0 Å². The van der Waals surface area contributed by atoms with Gasteiger partial charge in [-0.2, -0.15) is 10.2 Å². The lowest BCUT2D eigenvalue weighted by Gasteiger charge is -2.01. The molecule has 0 atom stereocenters. The quantitative estimate of drug-likeness (QED) is 0.421. The molecule has 0 aliphatic carbocycles. The second-order valence-electron chi connectivity index (χ2n) is 6.84. The van der Waals surface area contributed by atoms with Gasteiger partial charge in [0.1, 0.15) is 5.69 Å². The third kappa shape index (κ3) is 2.52. The van der Waals surface area contributed by atoms with Crippen molar-refractivity contribution in [3.8, 4) is 33.9 Å². The van der Waals surface area contributed by atoms with Crippen LogP contribution in [0.1, 0.15) is 0 Å². The lowest BCUT2D eigenvalue weighted by Crippen LogP contribution is -1.82. The summed E-state index contributed by atoms with van der Waals surface area (Å²) in [5.74, 6) is 0. The van der Waals surface area contributed by atoms with Crippen molar-refractivity contribution in [1.82, 2.24) is 35.3 Å². The fraction of sp³-hybridized carbons (Fsp3) is 0. The summed E-state index contributed by atoms with van der Waals surface area (Å²) in [7, 11) is 0. The highest BCUT2D eigenvalue weighted by molar-refractivity contribution is 6.01. The van der Waals surface area contributed by atoms with Crippen molar-refractivity contribution in [3.05, 3.63) is 73.3 Å². The summed E-state index contributed by atoms with van der Waals surface area (Å²) >= 11 is 0. The fourth-order valence-electron chi connectivity index (χ4n) is 3.70. The van der Waals surface area contributed by atoms with E-state index in [0.29, 0.717) is 0 Å². The number of benzene rings is 1. The minimum Gasteiger partial charge on any atom is -0.353 e. The van der Waals surface area contributed by atoms with Gasteiger partial charge in [0.2, 0.25) is 0 Å². The summed E-state index contributed by atoms with van der Waals surface area (Å²) in [5, 5.41) is 16.6. The van der Waals surface area contributed by atoms with Gasteiger partial charge in [-0.15, -0.1) is 0 Å². The van der Waals surface area contributed by atoms with Crippen LogP contribution in [-0.4, -0.2) is 35.3 Å². The molecule has 138 valence electrons. The van der Waals surface area contributed by atoms with E-state index in [0.717, 1.165) is 55.7 Å². The minimum atomic E-state index is 0.846. The van der Waals surface area contributed by atoms with E-state index in [-0.39, 0.29) is 0 Å². The van der Waals surface area contributed by atoms with Crippen LogP contribution in [0.25, 0.3) is 55.7 Å². The number of nitrogens with one attached hydrogen (secondary N) is 3. The van der Waals surface area contributed by atoms with Crippen molar-refractivity contribution in [2.24, 2.45) is 0 Å². The van der Waals surface area contributed by atoms with Gasteiger partial charge >= 0.3 is 0 Å². The number of aromatic nitrogens is 7. The Labute approximate surface area is 164 Å². The lowest BCUT2D eigenvalue weighted by molar-refractivity contribution is 1.09. The van der Waals surface area contributed by atoms with Crippen LogP contribution < -0.4 is 0 Å². The topological polar surface area (TPSA) is 98.9 Å². The van der Waals surface area contributed by atoms with Crippen LogP contribution in [0.2, 0.25) is 0 Å². The molecular weight excluding hydrogens is 362 g/mol. The van der Waals surface area contributed by atoms with E-state index >= 15 is 0 Å². The van der Waals surface area contributed by atoms with Gasteiger partial charge in [0.15, 0.2) is 0 Å². The van der Waals surface area contributed by atoms with Crippen molar-refractivity contribution in [3.63, 3.8) is 0 Å². The Bertz CT molecular complexity index is 1440. The number of H-pyrrole nitrogens is 3. The molecular formula is C22H15N7. The molecule has 6 rings (SSSR count). The SMILES string of the molecule is c1ccc(-c2cccc3[nH]c(-c4n[nH]c5cnc(-c6cn[nH]c6)cc45)cc23)nc1. The highest BCUT2D eigenvalue weighted by atomic mass is 15.1. The van der Waals surface area contributed by atoms with Crippen molar-refractivity contribution < 1.29 is 0 Å². The van der Waals surface area contributed by atoms with Gasteiger partial charge in [-0.25, -0.2) is 0 Å². The summed E-state index contributed by atoms with van der Waals surface area (Å²) in [6.07, 6.45) is 7.20. The average molecular weight is 377 g/mol. The second-order valence-corrected chi connectivity index (χ2v) is 6.84. The van der Waals surface area contributed by atoms with E-state index in [1.807, 2.05) is 42.7 Å². The van der Waals surface area contributed by atoms with Crippen molar-refractivity contribution in [2.75, 3.05) is 0 Å². The molecule has 5 aromatic heterocycles. The van der Waals surface area contributed by atoms with Gasteiger partial charge in [0, 0.05) is 39.8 Å². The molecule has 3 N–H and O–H groups in total. The molecule has 0 amide bonds. The second kappa shape index (κ2) is 6.13. The normalized spacial score (nSPS) is 11.4. The summed E-state index contributed by atoms with van der Waals surface area (Å²) in [4.78, 5) is 12.5. The van der Waals surface area contributed by atoms with Gasteiger partial charge in [-0.05, 0) is 30.3 Å². The van der Waals surface area contributed by atoms with E-state index in [2.05, 4.69) is 53.5 Å². The number of hydrogen-bond acceptors (Lipinski definition) is 4. The van der Waals surface area contributed by atoms with Gasteiger partial charge in [0.05, 0.1) is 35.0 Å². The Balaban J connectivity index is 1.54. The monoisotopic (exact) mass is 377 g/mol. The maximum Gasteiger partial charge on any atom is 0.116 e. The smallest absolute Gasteiger partial charge is 0.116 e. The van der Waals surface area contributed by atoms with Crippen LogP contribution in [0.15, 0.2) is 73.3 Å². The number of nitrogens with zero attached hydrogens (tertiary/aromatic N) is 4. The first-order valence-corrected chi connectivity index (χ1v) is 9.23. The molecule has 0 radical (unpaired) electrons. The molecule has 0 saturated heterocycles. The molecule has 0 unspecified atom stereocenters. The average Bonchev–Trinajstić information content (AvgIpc) is 3.52. The van der Waals surface area contributed by atoms with Crippen molar-refractivity contribution >= 4 is 21.8 Å². The van der Waals surface area contributed by atoms with Gasteiger partial charge in [-0.1, -0.05) is 18.2 Å². The molecule has 7 nitrogen and oxygen atoms in total. The Morgan fingerprint density at radius 3 is 2.66 bits per heavy atom. The first kappa shape index (κ1) is 15.8. The van der Waals surface area contributed by atoms with Crippen molar-refractivity contribution in [2.45, 2.75) is 0 Å². The largest absolute Gasteiger partial charge is 0.353 e. The molecule has 0 aliphatic heterocycles. The van der Waals surface area contributed by atoms with Gasteiger partial charge in [-0.3, -0.25) is 20.2 Å². The van der Waals surface area contributed by atoms with Gasteiger partial charge in [0.25, 0.3) is 0 Å². The maximum atomic E-state index is 4.55. The molecule has 6 aromatic rings. The maximum absolute atomic E-state index is 4.55. The lowest BCUT2D eigenvalue weighted by atomic mass is 10.1. The molecule has 0 aliphatic rings. The summed E-state index contributed by atoms with van der Waals surface area (Å²) in [6.45, 7) is 0. The zero-order chi connectivity index (χ0) is 19.2. The highest BCUT2D eigenvalue weighted by Crippen LogP contribution is 2.34. The number of hydrogen-bond donors (Lipinski definition) is 3. The Morgan fingerprint density at radius 2 is 1.79 bits per heavy atom. The standard InChI is InChI=1S/C22H15N7/c1-2-7-23-17(5-1)14-4-3-6-18-15(14)8-20(27-18)22-16-9-19(13-10-25-26-11-13)24-12-21(16)28-29-22/h1-12,27H,(H,25,26)(H,28,29). The fourth-order valence-corrected chi connectivity index (χ4v) is 3.70.